The van der Waals surface area contributed by atoms with Crippen LogP contribution in [0.25, 0.3) is 0 Å². The fourth-order valence-corrected chi connectivity index (χ4v) is 2.64. The molecule has 0 saturated heterocycles. The average molecular weight is 356 g/mol. The zero-order valence-corrected chi connectivity index (χ0v) is 14.1. The Hall–Kier alpha value is -1.70. The number of rotatable bonds is 5. The van der Waals surface area contributed by atoms with E-state index in [0.29, 0.717) is 13.0 Å². The molecular weight excluding hydrogens is 338 g/mol. The van der Waals surface area contributed by atoms with E-state index in [9.17, 15) is 4.79 Å². The summed E-state index contributed by atoms with van der Waals surface area (Å²) in [6.45, 7) is 7.20. The van der Waals surface area contributed by atoms with Gasteiger partial charge in [0, 0.05) is 6.54 Å². The maximum absolute atomic E-state index is 11.7. The lowest BCUT2D eigenvalue weighted by Crippen LogP contribution is -2.13. The van der Waals surface area contributed by atoms with Gasteiger partial charge < -0.3 is 4.74 Å². The summed E-state index contributed by atoms with van der Waals surface area (Å²) in [5, 5.41) is 12.5. The van der Waals surface area contributed by atoms with E-state index in [2.05, 4.69) is 31.3 Å². The van der Waals surface area contributed by atoms with E-state index in [1.54, 1.807) is 4.68 Å². The Morgan fingerprint density at radius 3 is 2.57 bits per heavy atom. The third-order valence-corrected chi connectivity index (χ3v) is 4.34. The molecule has 2 aromatic heterocycles. The Morgan fingerprint density at radius 2 is 2.00 bits per heavy atom. The molecule has 2 rings (SSSR count). The smallest absolute Gasteiger partial charge is 0.360 e. The first kappa shape index (κ1) is 15.7. The van der Waals surface area contributed by atoms with Gasteiger partial charge in [-0.2, -0.15) is 5.10 Å². The quantitative estimate of drug-likeness (QED) is 0.766. The summed E-state index contributed by atoms with van der Waals surface area (Å²) in [5.41, 5.74) is 2.97. The summed E-state index contributed by atoms with van der Waals surface area (Å²) in [7, 11) is 1.34. The van der Waals surface area contributed by atoms with Gasteiger partial charge in [0.2, 0.25) is 0 Å². The monoisotopic (exact) mass is 355 g/mol. The van der Waals surface area contributed by atoms with Crippen molar-refractivity contribution in [1.82, 2.24) is 24.8 Å². The number of carbonyl (C=O) groups is 1. The first-order valence-corrected chi connectivity index (χ1v) is 7.55. The zero-order valence-electron chi connectivity index (χ0n) is 12.6. The molecule has 0 fully saturated rings. The second-order valence-corrected chi connectivity index (χ2v) is 5.34. The largest absolute Gasteiger partial charge is 0.464 e. The number of ether oxygens (including phenoxy) is 1. The van der Waals surface area contributed by atoms with Crippen LogP contribution in [0.5, 0.6) is 0 Å². The van der Waals surface area contributed by atoms with E-state index in [1.807, 2.05) is 25.5 Å². The van der Waals surface area contributed by atoms with Gasteiger partial charge >= 0.3 is 5.97 Å². The molecule has 0 amide bonds. The van der Waals surface area contributed by atoms with Gasteiger partial charge in [-0.1, -0.05) is 12.1 Å². The van der Waals surface area contributed by atoms with Crippen LogP contribution in [0.2, 0.25) is 0 Å². The third kappa shape index (κ3) is 2.85. The van der Waals surface area contributed by atoms with Gasteiger partial charge in [0.1, 0.15) is 0 Å². The SMILES string of the molecule is CCc1c(C(=O)OC)nnn1Cc1c(Br)c(C)nn1CC. The highest BCUT2D eigenvalue weighted by atomic mass is 79.9. The Balaban J connectivity index is 2.41. The minimum Gasteiger partial charge on any atom is -0.464 e. The molecule has 21 heavy (non-hydrogen) atoms. The third-order valence-electron chi connectivity index (χ3n) is 3.30. The van der Waals surface area contributed by atoms with Crippen LogP contribution in [0.4, 0.5) is 0 Å². The molecule has 7 nitrogen and oxygen atoms in total. The van der Waals surface area contributed by atoms with Crippen LogP contribution in [0.15, 0.2) is 4.47 Å². The van der Waals surface area contributed by atoms with Crippen LogP contribution in [0, 0.1) is 6.92 Å². The standard InChI is InChI=1S/C13H18BrN5O2/c1-5-9-12(13(20)21-4)15-17-19(9)7-10-11(14)8(3)16-18(10)6-2/h5-7H2,1-4H3. The normalized spacial score (nSPS) is 10.9. The molecular formula is C13H18BrN5O2. The van der Waals surface area contributed by atoms with Crippen LogP contribution >= 0.6 is 15.9 Å². The summed E-state index contributed by atoms with van der Waals surface area (Å²) >= 11 is 3.56. The summed E-state index contributed by atoms with van der Waals surface area (Å²) in [6, 6.07) is 0. The summed E-state index contributed by atoms with van der Waals surface area (Å²) in [4.78, 5) is 11.7. The number of aromatic nitrogens is 5. The predicted octanol–water partition coefficient (Wildman–Crippen LogP) is 1.96. The van der Waals surface area contributed by atoms with Gasteiger partial charge in [0.25, 0.3) is 0 Å². The van der Waals surface area contributed by atoms with E-state index in [1.165, 1.54) is 7.11 Å². The summed E-state index contributed by atoms with van der Waals surface area (Å²) < 4.78 is 9.33. The molecule has 0 atom stereocenters. The topological polar surface area (TPSA) is 74.8 Å². The van der Waals surface area contributed by atoms with Crippen molar-refractivity contribution < 1.29 is 9.53 Å². The van der Waals surface area contributed by atoms with Gasteiger partial charge in [0.05, 0.1) is 35.2 Å². The molecule has 0 aliphatic rings. The number of hydrogen-bond acceptors (Lipinski definition) is 5. The number of carbonyl (C=O) groups excluding carboxylic acids is 1. The van der Waals surface area contributed by atoms with Crippen molar-refractivity contribution in [2.75, 3.05) is 7.11 Å². The van der Waals surface area contributed by atoms with Crippen molar-refractivity contribution in [2.24, 2.45) is 0 Å². The second kappa shape index (κ2) is 6.38. The first-order valence-electron chi connectivity index (χ1n) is 6.75. The number of hydrogen-bond donors (Lipinski definition) is 0. The van der Waals surface area contributed by atoms with Crippen molar-refractivity contribution >= 4 is 21.9 Å². The molecule has 0 radical (unpaired) electrons. The average Bonchev–Trinajstić information content (AvgIpc) is 3.02. The van der Waals surface area contributed by atoms with Gasteiger partial charge in [-0.25, -0.2) is 9.48 Å². The number of halogens is 1. The second-order valence-electron chi connectivity index (χ2n) is 4.55. The highest BCUT2D eigenvalue weighted by Crippen LogP contribution is 2.22. The van der Waals surface area contributed by atoms with Gasteiger partial charge in [-0.05, 0) is 36.2 Å². The molecule has 114 valence electrons. The van der Waals surface area contributed by atoms with Crippen molar-refractivity contribution in [3.05, 3.63) is 27.2 Å². The predicted molar refractivity (Wildman–Crippen MR) is 80.2 cm³/mol. The molecule has 0 spiro atoms. The van der Waals surface area contributed by atoms with E-state index < -0.39 is 5.97 Å². The number of nitrogens with zero attached hydrogens (tertiary/aromatic N) is 5. The Kier molecular flexibility index (Phi) is 4.76. The van der Waals surface area contributed by atoms with Crippen molar-refractivity contribution in [2.45, 2.75) is 40.3 Å². The molecule has 0 aromatic carbocycles. The lowest BCUT2D eigenvalue weighted by atomic mass is 10.2. The van der Waals surface area contributed by atoms with Crippen molar-refractivity contribution in [3.8, 4) is 0 Å². The van der Waals surface area contributed by atoms with E-state index >= 15 is 0 Å². The Labute approximate surface area is 131 Å². The van der Waals surface area contributed by atoms with Crippen molar-refractivity contribution in [3.63, 3.8) is 0 Å². The van der Waals surface area contributed by atoms with Crippen molar-refractivity contribution in [1.29, 1.82) is 0 Å². The minimum absolute atomic E-state index is 0.274. The minimum atomic E-state index is -0.461. The van der Waals surface area contributed by atoms with Gasteiger partial charge in [-0.15, -0.1) is 5.10 Å². The van der Waals surface area contributed by atoms with E-state index in [0.717, 1.165) is 28.1 Å². The molecule has 0 bridgehead atoms. The van der Waals surface area contributed by atoms with Crippen LogP contribution in [0.3, 0.4) is 0 Å². The van der Waals surface area contributed by atoms with Crippen LogP contribution in [-0.2, 0) is 24.2 Å². The highest BCUT2D eigenvalue weighted by molar-refractivity contribution is 9.10. The van der Waals surface area contributed by atoms with Gasteiger partial charge in [-0.3, -0.25) is 4.68 Å². The van der Waals surface area contributed by atoms with E-state index in [4.69, 9.17) is 4.74 Å². The summed E-state index contributed by atoms with van der Waals surface area (Å²) in [6.07, 6.45) is 0.647. The molecule has 0 aliphatic carbocycles. The molecule has 2 aromatic rings. The number of esters is 1. The molecule has 8 heteroatoms. The van der Waals surface area contributed by atoms with Crippen LogP contribution in [0.1, 0.15) is 41.4 Å². The van der Waals surface area contributed by atoms with Crippen LogP contribution < -0.4 is 0 Å². The lowest BCUT2D eigenvalue weighted by molar-refractivity contribution is 0.0592. The van der Waals surface area contributed by atoms with Gasteiger partial charge in [0.15, 0.2) is 5.69 Å². The zero-order chi connectivity index (χ0) is 15.6. The fraction of sp³-hybridized carbons (Fsp3) is 0.538. The first-order chi connectivity index (χ1) is 10.0. The Morgan fingerprint density at radius 1 is 1.29 bits per heavy atom. The van der Waals surface area contributed by atoms with E-state index in [-0.39, 0.29) is 5.69 Å². The Bertz CT molecular complexity index is 662. The molecule has 2 heterocycles. The lowest BCUT2D eigenvalue weighted by Gasteiger charge is -2.08. The number of methoxy groups -OCH3 is 1. The molecule has 0 unspecified atom stereocenters. The molecule has 0 N–H and O–H groups in total. The fourth-order valence-electron chi connectivity index (χ4n) is 2.23. The molecule has 0 aliphatic heterocycles. The number of aryl methyl sites for hydroxylation is 2. The van der Waals surface area contributed by atoms with Crippen LogP contribution in [-0.4, -0.2) is 37.9 Å². The summed E-state index contributed by atoms with van der Waals surface area (Å²) in [5.74, 6) is -0.461. The maximum atomic E-state index is 11.7. The maximum Gasteiger partial charge on any atom is 0.360 e. The highest BCUT2D eigenvalue weighted by Gasteiger charge is 2.21. The molecule has 0 saturated carbocycles.